The summed E-state index contributed by atoms with van der Waals surface area (Å²) in [7, 11) is 1.36. The molecule has 2 heterocycles. The molecule has 1 amide bonds. The summed E-state index contributed by atoms with van der Waals surface area (Å²) in [5.74, 6) is -0.982. The quantitative estimate of drug-likeness (QED) is 0.807. The Labute approximate surface area is 159 Å². The lowest BCUT2D eigenvalue weighted by Crippen LogP contribution is -2.24. The molecule has 3 rings (SSSR count). The van der Waals surface area contributed by atoms with Crippen LogP contribution < -0.4 is 10.1 Å². The third kappa shape index (κ3) is 4.36. The summed E-state index contributed by atoms with van der Waals surface area (Å²) in [6.45, 7) is 0.565. The van der Waals surface area contributed by atoms with Gasteiger partial charge in [-0.1, -0.05) is 12.1 Å². The fourth-order valence-corrected chi connectivity index (χ4v) is 2.90. The minimum Gasteiger partial charge on any atom is -0.503 e. The van der Waals surface area contributed by atoms with Crippen LogP contribution >= 0.6 is 0 Å². The van der Waals surface area contributed by atoms with Gasteiger partial charge in [-0.15, -0.1) is 0 Å². The molecule has 1 fully saturated rings. The number of nitrogens with one attached hydrogen (secondary N) is 1. The van der Waals surface area contributed by atoms with Crippen molar-refractivity contribution in [2.75, 3.05) is 13.7 Å². The van der Waals surface area contributed by atoms with Crippen LogP contribution in [0.15, 0.2) is 30.3 Å². The van der Waals surface area contributed by atoms with Gasteiger partial charge in [0.1, 0.15) is 0 Å². The molecule has 2 aromatic rings. The molecule has 0 spiro atoms. The zero-order valence-corrected chi connectivity index (χ0v) is 15.0. The van der Waals surface area contributed by atoms with Crippen LogP contribution in [-0.4, -0.2) is 29.7 Å². The molecule has 0 radical (unpaired) electrons. The average molecular weight is 396 g/mol. The van der Waals surface area contributed by atoms with E-state index in [1.54, 1.807) is 0 Å². The molecule has 1 unspecified atom stereocenters. The number of rotatable bonds is 5. The second-order valence-electron chi connectivity index (χ2n) is 6.33. The lowest BCUT2D eigenvalue weighted by atomic mass is 10.1. The smallest absolute Gasteiger partial charge is 0.416 e. The SMILES string of the molecule is COc1cc(C2CCCO2)nc(C(=O)NCc2ccc(C(F)(F)F)cc2)c1O. The zero-order chi connectivity index (χ0) is 20.3. The first-order valence-electron chi connectivity index (χ1n) is 8.63. The molecule has 0 bridgehead atoms. The number of alkyl halides is 3. The molecule has 0 saturated carbocycles. The number of halogens is 3. The van der Waals surface area contributed by atoms with Gasteiger partial charge in [-0.2, -0.15) is 13.2 Å². The van der Waals surface area contributed by atoms with E-state index in [-0.39, 0.29) is 24.1 Å². The van der Waals surface area contributed by atoms with Crippen LogP contribution in [0.1, 0.15) is 46.3 Å². The monoisotopic (exact) mass is 396 g/mol. The normalized spacial score (nSPS) is 16.8. The number of aromatic hydroxyl groups is 1. The van der Waals surface area contributed by atoms with Gasteiger partial charge in [-0.05, 0) is 30.5 Å². The summed E-state index contributed by atoms with van der Waals surface area (Å²) in [5.41, 5.74) is -0.0393. The van der Waals surface area contributed by atoms with Crippen molar-refractivity contribution in [2.45, 2.75) is 31.7 Å². The zero-order valence-electron chi connectivity index (χ0n) is 15.0. The summed E-state index contributed by atoms with van der Waals surface area (Å²) in [6, 6.07) is 5.97. The van der Waals surface area contributed by atoms with Crippen molar-refractivity contribution in [3.8, 4) is 11.5 Å². The molecule has 0 aliphatic carbocycles. The summed E-state index contributed by atoms with van der Waals surface area (Å²) in [5, 5.41) is 12.8. The Kier molecular flexibility index (Phi) is 5.73. The van der Waals surface area contributed by atoms with Crippen molar-refractivity contribution in [3.63, 3.8) is 0 Å². The van der Waals surface area contributed by atoms with E-state index in [1.807, 2.05) is 0 Å². The Morgan fingerprint density at radius 1 is 1.36 bits per heavy atom. The fraction of sp³-hybridized carbons (Fsp3) is 0.368. The number of methoxy groups -OCH3 is 1. The van der Waals surface area contributed by atoms with E-state index in [0.717, 1.165) is 25.0 Å². The van der Waals surface area contributed by atoms with Gasteiger partial charge in [0.25, 0.3) is 5.91 Å². The van der Waals surface area contributed by atoms with Gasteiger partial charge in [0.05, 0.1) is 24.5 Å². The number of amides is 1. The Morgan fingerprint density at radius 3 is 2.64 bits per heavy atom. The number of carbonyl (C=O) groups excluding carboxylic acids is 1. The number of hydrogen-bond acceptors (Lipinski definition) is 5. The molecular weight excluding hydrogens is 377 g/mol. The second kappa shape index (κ2) is 8.05. The number of benzene rings is 1. The molecule has 28 heavy (non-hydrogen) atoms. The number of carbonyl (C=O) groups is 1. The predicted molar refractivity (Wildman–Crippen MR) is 93.0 cm³/mol. The van der Waals surface area contributed by atoms with Gasteiger partial charge in [0.2, 0.25) is 0 Å². The maximum atomic E-state index is 12.6. The summed E-state index contributed by atoms with van der Waals surface area (Å²) >= 11 is 0. The number of hydrogen-bond donors (Lipinski definition) is 2. The maximum absolute atomic E-state index is 12.6. The van der Waals surface area contributed by atoms with Crippen molar-refractivity contribution < 1.29 is 32.5 Å². The van der Waals surface area contributed by atoms with E-state index in [9.17, 15) is 23.1 Å². The highest BCUT2D eigenvalue weighted by Gasteiger charge is 2.30. The van der Waals surface area contributed by atoms with E-state index in [0.29, 0.717) is 17.9 Å². The van der Waals surface area contributed by atoms with Crippen molar-refractivity contribution in [1.82, 2.24) is 10.3 Å². The maximum Gasteiger partial charge on any atom is 0.416 e. The number of pyridine rings is 1. The van der Waals surface area contributed by atoms with E-state index >= 15 is 0 Å². The van der Waals surface area contributed by atoms with Crippen LogP contribution in [0.25, 0.3) is 0 Å². The number of ether oxygens (including phenoxy) is 2. The van der Waals surface area contributed by atoms with E-state index < -0.39 is 23.4 Å². The topological polar surface area (TPSA) is 80.7 Å². The average Bonchev–Trinajstić information content (AvgIpc) is 3.20. The lowest BCUT2D eigenvalue weighted by molar-refractivity contribution is -0.137. The van der Waals surface area contributed by atoms with Gasteiger partial charge in [-0.25, -0.2) is 4.98 Å². The first-order chi connectivity index (χ1) is 13.3. The lowest BCUT2D eigenvalue weighted by Gasteiger charge is -2.15. The Balaban J connectivity index is 1.75. The van der Waals surface area contributed by atoms with Crippen molar-refractivity contribution in [1.29, 1.82) is 0 Å². The molecule has 2 N–H and O–H groups in total. The van der Waals surface area contributed by atoms with Gasteiger partial charge in [0, 0.05) is 19.2 Å². The predicted octanol–water partition coefficient (Wildman–Crippen LogP) is 3.60. The van der Waals surface area contributed by atoms with Crippen LogP contribution in [0.2, 0.25) is 0 Å². The van der Waals surface area contributed by atoms with Gasteiger partial charge < -0.3 is 19.9 Å². The summed E-state index contributed by atoms with van der Waals surface area (Å²) in [4.78, 5) is 16.7. The second-order valence-corrected chi connectivity index (χ2v) is 6.33. The molecular formula is C19H19F3N2O4. The highest BCUT2D eigenvalue weighted by molar-refractivity contribution is 5.95. The van der Waals surface area contributed by atoms with Crippen molar-refractivity contribution >= 4 is 5.91 Å². The van der Waals surface area contributed by atoms with E-state index in [1.165, 1.54) is 25.3 Å². The molecule has 9 heteroatoms. The number of aromatic nitrogens is 1. The number of nitrogens with zero attached hydrogens (tertiary/aromatic N) is 1. The third-order valence-corrected chi connectivity index (χ3v) is 4.41. The third-order valence-electron chi connectivity index (χ3n) is 4.41. The Bertz CT molecular complexity index is 847. The molecule has 1 saturated heterocycles. The van der Waals surface area contributed by atoms with Crippen LogP contribution in [0.5, 0.6) is 11.5 Å². The minimum atomic E-state index is -4.42. The molecule has 6 nitrogen and oxygen atoms in total. The van der Waals surface area contributed by atoms with Crippen LogP contribution in [0.3, 0.4) is 0 Å². The largest absolute Gasteiger partial charge is 0.503 e. The molecule has 1 aromatic carbocycles. The highest BCUT2D eigenvalue weighted by Crippen LogP contribution is 2.35. The molecule has 1 atom stereocenters. The molecule has 150 valence electrons. The van der Waals surface area contributed by atoms with Crippen LogP contribution in [0.4, 0.5) is 13.2 Å². The van der Waals surface area contributed by atoms with Crippen molar-refractivity contribution in [2.24, 2.45) is 0 Å². The Hall–Kier alpha value is -2.81. The first-order valence-corrected chi connectivity index (χ1v) is 8.63. The van der Waals surface area contributed by atoms with Gasteiger partial charge in [-0.3, -0.25) is 4.79 Å². The minimum absolute atomic E-state index is 0.0233. The van der Waals surface area contributed by atoms with E-state index in [2.05, 4.69) is 10.3 Å². The standard InChI is InChI=1S/C19H19F3N2O4/c1-27-15-9-13(14-3-2-8-28-14)24-16(17(15)25)18(26)23-10-11-4-6-12(7-5-11)19(20,21)22/h4-7,9,14,25H,2-3,8,10H2,1H3,(H,23,26). The van der Waals surface area contributed by atoms with Gasteiger partial charge in [0.15, 0.2) is 17.2 Å². The fourth-order valence-electron chi connectivity index (χ4n) is 2.90. The molecule has 1 aliphatic rings. The summed E-state index contributed by atoms with van der Waals surface area (Å²) < 4.78 is 48.5. The van der Waals surface area contributed by atoms with E-state index in [4.69, 9.17) is 9.47 Å². The molecule has 1 aromatic heterocycles. The van der Waals surface area contributed by atoms with Gasteiger partial charge >= 0.3 is 6.18 Å². The van der Waals surface area contributed by atoms with Crippen molar-refractivity contribution in [3.05, 3.63) is 52.8 Å². The highest BCUT2D eigenvalue weighted by atomic mass is 19.4. The van der Waals surface area contributed by atoms with Crippen LogP contribution in [0, 0.1) is 0 Å². The first kappa shape index (κ1) is 19.9. The Morgan fingerprint density at radius 2 is 2.07 bits per heavy atom. The molecule has 1 aliphatic heterocycles. The van der Waals surface area contributed by atoms with Crippen LogP contribution in [-0.2, 0) is 17.5 Å². The summed E-state index contributed by atoms with van der Waals surface area (Å²) in [6.07, 6.45) is -3.09.